The van der Waals surface area contributed by atoms with E-state index in [9.17, 15) is 22.8 Å². The van der Waals surface area contributed by atoms with Crippen LogP contribution in [-0.4, -0.2) is 83.8 Å². The van der Waals surface area contributed by atoms with E-state index in [2.05, 4.69) is 25.2 Å². The number of ether oxygens (including phenoxy) is 1. The van der Waals surface area contributed by atoms with Gasteiger partial charge in [0.1, 0.15) is 5.82 Å². The highest BCUT2D eigenvalue weighted by Gasteiger charge is 2.36. The highest BCUT2D eigenvalue weighted by Crippen LogP contribution is 2.37. The van der Waals surface area contributed by atoms with Gasteiger partial charge in [-0.25, -0.2) is 14.4 Å². The van der Waals surface area contributed by atoms with Gasteiger partial charge in [-0.05, 0) is 46.0 Å². The highest BCUT2D eigenvalue weighted by atomic mass is 19.4. The largest absolute Gasteiger partial charge is 0.417 e. The van der Waals surface area contributed by atoms with Crippen molar-refractivity contribution in [3.05, 3.63) is 64.1 Å². The van der Waals surface area contributed by atoms with Gasteiger partial charge >= 0.3 is 6.18 Å². The van der Waals surface area contributed by atoms with Crippen LogP contribution >= 0.6 is 0 Å². The van der Waals surface area contributed by atoms with Gasteiger partial charge in [-0.1, -0.05) is 6.92 Å². The second kappa shape index (κ2) is 12.5. The molecule has 0 aliphatic carbocycles. The number of nitrogens with zero attached hydrogens (tertiary/aromatic N) is 5. The summed E-state index contributed by atoms with van der Waals surface area (Å²) in [6.45, 7) is 9.02. The number of likely N-dealkylation sites (N-methyl/N-ethyl adjacent to an activating group) is 1. The van der Waals surface area contributed by atoms with Gasteiger partial charge in [-0.2, -0.15) is 13.2 Å². The molecule has 0 radical (unpaired) electrons. The first-order chi connectivity index (χ1) is 20.8. The molecule has 3 atom stereocenters. The van der Waals surface area contributed by atoms with E-state index in [-0.39, 0.29) is 29.5 Å². The van der Waals surface area contributed by atoms with Gasteiger partial charge in [0.15, 0.2) is 0 Å². The minimum atomic E-state index is -4.94. The summed E-state index contributed by atoms with van der Waals surface area (Å²) in [5.74, 6) is -1.24. The summed E-state index contributed by atoms with van der Waals surface area (Å²) in [6.07, 6.45) is -0.508. The Morgan fingerprint density at radius 2 is 1.80 bits per heavy atom. The Bertz CT molecular complexity index is 1550. The Balaban J connectivity index is 1.51. The van der Waals surface area contributed by atoms with Crippen LogP contribution in [0, 0.1) is 5.82 Å². The molecule has 2 aromatic heterocycles. The van der Waals surface area contributed by atoms with Crippen LogP contribution in [0.5, 0.6) is 0 Å². The number of nitrogens with one attached hydrogen (secondary N) is 2. The number of carbonyl (C=O) groups excluding carboxylic acids is 1. The van der Waals surface area contributed by atoms with Crippen LogP contribution in [0.4, 0.5) is 34.9 Å². The first kappa shape index (κ1) is 31.4. The molecule has 2 aliphatic heterocycles. The van der Waals surface area contributed by atoms with Crippen molar-refractivity contribution in [2.24, 2.45) is 0 Å². The number of benzene rings is 1. The number of pyridine rings is 1. The normalized spacial score (nSPS) is 20.8. The summed E-state index contributed by atoms with van der Waals surface area (Å²) in [4.78, 5) is 42.0. The van der Waals surface area contributed by atoms with Gasteiger partial charge in [0.05, 0.1) is 34.7 Å². The van der Waals surface area contributed by atoms with E-state index in [1.165, 1.54) is 24.5 Å². The summed E-state index contributed by atoms with van der Waals surface area (Å²) in [5, 5.41) is 2.56. The Labute approximate surface area is 252 Å². The quantitative estimate of drug-likeness (QED) is 0.377. The van der Waals surface area contributed by atoms with Crippen molar-refractivity contribution < 1.29 is 27.1 Å². The number of aromatic amines is 1. The van der Waals surface area contributed by atoms with Crippen LogP contribution in [0.15, 0.2) is 41.6 Å². The molecule has 10 nitrogen and oxygen atoms in total. The zero-order chi connectivity index (χ0) is 31.8. The molecule has 2 N–H and O–H groups in total. The first-order valence-electron chi connectivity index (χ1n) is 14.5. The lowest BCUT2D eigenvalue weighted by molar-refractivity contribution is -0.138. The van der Waals surface area contributed by atoms with Crippen LogP contribution < -0.4 is 20.7 Å². The number of halogens is 4. The lowest BCUT2D eigenvalue weighted by Crippen LogP contribution is -2.46. The molecule has 4 heterocycles. The van der Waals surface area contributed by atoms with Gasteiger partial charge in [-0.3, -0.25) is 9.59 Å². The average molecular weight is 618 g/mol. The monoisotopic (exact) mass is 617 g/mol. The summed E-state index contributed by atoms with van der Waals surface area (Å²) >= 11 is 0. The minimum Gasteiger partial charge on any atom is -0.372 e. The second-order valence-electron chi connectivity index (χ2n) is 11.3. The topological polar surface area (TPSA) is 107 Å². The molecule has 3 aromatic rings. The number of H-pyrrole nitrogens is 1. The third-order valence-electron chi connectivity index (χ3n) is 8.09. The molecule has 2 fully saturated rings. The van der Waals surface area contributed by atoms with Gasteiger partial charge < -0.3 is 29.7 Å². The minimum absolute atomic E-state index is 0.0132. The van der Waals surface area contributed by atoms with E-state index in [1.54, 1.807) is 0 Å². The summed E-state index contributed by atoms with van der Waals surface area (Å²) < 4.78 is 62.7. The molecule has 44 heavy (non-hydrogen) atoms. The number of alkyl halides is 3. The number of rotatable bonds is 7. The number of amides is 1. The SMILES string of the molecule is CCN(C)[C@@H]1CCN(c2cc(F)c(-c3cnc(N4CC(C)O[C@@H](C)C4)nc3)cc2NC(=O)c2c[nH]c(=O)cc2C(F)(F)F)C1. The number of carbonyl (C=O) groups is 1. The second-order valence-corrected chi connectivity index (χ2v) is 11.3. The molecule has 0 spiro atoms. The molecule has 14 heteroatoms. The smallest absolute Gasteiger partial charge is 0.372 e. The van der Waals surface area contributed by atoms with Crippen LogP contribution in [0.25, 0.3) is 11.1 Å². The van der Waals surface area contributed by atoms with E-state index in [4.69, 9.17) is 4.74 Å². The third-order valence-corrected chi connectivity index (χ3v) is 8.09. The van der Waals surface area contributed by atoms with Crippen molar-refractivity contribution in [3.8, 4) is 11.1 Å². The first-order valence-corrected chi connectivity index (χ1v) is 14.5. The van der Waals surface area contributed by atoms with E-state index in [0.29, 0.717) is 49.4 Å². The van der Waals surface area contributed by atoms with Crippen LogP contribution in [-0.2, 0) is 10.9 Å². The third kappa shape index (κ3) is 6.70. The number of hydrogen-bond acceptors (Lipinski definition) is 8. The lowest BCUT2D eigenvalue weighted by Gasteiger charge is -2.35. The van der Waals surface area contributed by atoms with E-state index in [0.717, 1.165) is 19.2 Å². The fraction of sp³-hybridized carbons (Fsp3) is 0.467. The van der Waals surface area contributed by atoms with E-state index >= 15 is 4.39 Å². The standard InChI is InChI=1S/C30H35F4N7O3/c1-5-39(4)20-6-7-40(16-20)26-10-24(31)21(19-11-36-29(37-12-19)41-14-17(2)44-18(3)15-41)8-25(26)38-28(43)22-13-35-27(42)9-23(22)30(32,33)34/h8-13,17-18,20H,5-7,14-16H2,1-4H3,(H,35,42)(H,38,43)/t17-,18?,20+/m0/s1. The number of hydrogen-bond donors (Lipinski definition) is 2. The summed E-state index contributed by atoms with van der Waals surface area (Å²) in [7, 11) is 1.98. The molecular weight excluding hydrogens is 582 g/mol. The Kier molecular flexibility index (Phi) is 8.93. The molecule has 1 aromatic carbocycles. The fourth-order valence-corrected chi connectivity index (χ4v) is 5.77. The molecular formula is C30H35F4N7O3. The van der Waals surface area contributed by atoms with Crippen molar-refractivity contribution >= 4 is 23.2 Å². The van der Waals surface area contributed by atoms with Crippen molar-refractivity contribution in [2.75, 3.05) is 54.9 Å². The summed E-state index contributed by atoms with van der Waals surface area (Å²) in [6, 6.07) is 3.17. The van der Waals surface area contributed by atoms with E-state index < -0.39 is 34.6 Å². The highest BCUT2D eigenvalue weighted by molar-refractivity contribution is 6.07. The van der Waals surface area contributed by atoms with Gasteiger partial charge in [0.25, 0.3) is 5.91 Å². The number of anilines is 3. The zero-order valence-electron chi connectivity index (χ0n) is 24.9. The van der Waals surface area contributed by atoms with E-state index in [1.807, 2.05) is 37.6 Å². The van der Waals surface area contributed by atoms with Gasteiger partial charge in [0.2, 0.25) is 11.5 Å². The van der Waals surface area contributed by atoms with Crippen molar-refractivity contribution in [1.29, 1.82) is 0 Å². The van der Waals surface area contributed by atoms with Crippen LogP contribution in [0.1, 0.15) is 43.1 Å². The fourth-order valence-electron chi connectivity index (χ4n) is 5.77. The molecule has 2 saturated heterocycles. The van der Waals surface area contributed by atoms with Crippen LogP contribution in [0.3, 0.4) is 0 Å². The van der Waals surface area contributed by atoms with Crippen molar-refractivity contribution in [2.45, 2.75) is 51.6 Å². The number of morpholine rings is 1. The molecule has 0 saturated carbocycles. The molecule has 1 unspecified atom stereocenters. The maximum Gasteiger partial charge on any atom is 0.417 e. The molecule has 236 valence electrons. The van der Waals surface area contributed by atoms with Crippen LogP contribution in [0.2, 0.25) is 0 Å². The van der Waals surface area contributed by atoms with Crippen molar-refractivity contribution in [3.63, 3.8) is 0 Å². The van der Waals surface area contributed by atoms with Crippen molar-refractivity contribution in [1.82, 2.24) is 19.9 Å². The van der Waals surface area contributed by atoms with Gasteiger partial charge in [-0.15, -0.1) is 0 Å². The molecule has 1 amide bonds. The zero-order valence-corrected chi connectivity index (χ0v) is 24.9. The Morgan fingerprint density at radius 3 is 2.43 bits per heavy atom. The molecule has 2 aliphatic rings. The number of aromatic nitrogens is 3. The average Bonchev–Trinajstić information content (AvgIpc) is 3.47. The maximum atomic E-state index is 15.8. The Hall–Kier alpha value is -4.04. The maximum absolute atomic E-state index is 15.8. The van der Waals surface area contributed by atoms with Gasteiger partial charge in [0, 0.05) is 68.0 Å². The molecule has 0 bridgehead atoms. The Morgan fingerprint density at radius 1 is 1.11 bits per heavy atom. The molecule has 5 rings (SSSR count). The lowest BCUT2D eigenvalue weighted by atomic mass is 10.0. The predicted molar refractivity (Wildman–Crippen MR) is 159 cm³/mol. The predicted octanol–water partition coefficient (Wildman–Crippen LogP) is 4.39. The summed E-state index contributed by atoms with van der Waals surface area (Å²) in [5.41, 5.74) is -2.29.